The van der Waals surface area contributed by atoms with Gasteiger partial charge in [-0.1, -0.05) is 20.8 Å². The highest BCUT2D eigenvalue weighted by Crippen LogP contribution is 2.31. The lowest BCUT2D eigenvalue weighted by atomic mass is 9.93. The van der Waals surface area contributed by atoms with Gasteiger partial charge < -0.3 is 15.4 Å². The van der Waals surface area contributed by atoms with Crippen molar-refractivity contribution in [1.82, 2.24) is 10.6 Å². The predicted octanol–water partition coefficient (Wildman–Crippen LogP) is 3.00. The lowest BCUT2D eigenvalue weighted by molar-refractivity contribution is 0.406. The Morgan fingerprint density at radius 3 is 2.37 bits per heavy atom. The van der Waals surface area contributed by atoms with Crippen molar-refractivity contribution in [1.29, 1.82) is 0 Å². The van der Waals surface area contributed by atoms with Crippen LogP contribution in [-0.4, -0.2) is 27.2 Å². The van der Waals surface area contributed by atoms with Crippen LogP contribution >= 0.6 is 0 Å². The molecule has 0 radical (unpaired) electrons. The van der Waals surface area contributed by atoms with E-state index in [4.69, 9.17) is 4.74 Å². The Labute approximate surface area is 117 Å². The van der Waals surface area contributed by atoms with Gasteiger partial charge in [-0.05, 0) is 55.3 Å². The molecular formula is C16H28N2O. The minimum Gasteiger partial charge on any atom is -0.496 e. The second kappa shape index (κ2) is 7.51. The molecule has 0 aliphatic heterocycles. The number of methoxy groups -OCH3 is 1. The fourth-order valence-corrected chi connectivity index (χ4v) is 2.38. The van der Waals surface area contributed by atoms with Crippen molar-refractivity contribution in [3.8, 4) is 5.75 Å². The maximum absolute atomic E-state index is 5.50. The largest absolute Gasteiger partial charge is 0.496 e. The van der Waals surface area contributed by atoms with Gasteiger partial charge in [-0.25, -0.2) is 0 Å². The van der Waals surface area contributed by atoms with E-state index in [-0.39, 0.29) is 0 Å². The summed E-state index contributed by atoms with van der Waals surface area (Å²) in [5, 5.41) is 6.80. The summed E-state index contributed by atoms with van der Waals surface area (Å²) in [7, 11) is 3.76. The van der Waals surface area contributed by atoms with Gasteiger partial charge in [0.1, 0.15) is 5.75 Å². The standard InChI is InChI=1S/C16H28N2O/c1-7-18-10-15(17-5)14-9-13(11(2)3)16(19-6)8-12(14)4/h8-9,11,15,17-18H,7,10H2,1-6H3. The van der Waals surface area contributed by atoms with E-state index in [0.29, 0.717) is 12.0 Å². The van der Waals surface area contributed by atoms with Gasteiger partial charge in [0.15, 0.2) is 0 Å². The third kappa shape index (κ3) is 3.95. The fraction of sp³-hybridized carbons (Fsp3) is 0.625. The predicted molar refractivity (Wildman–Crippen MR) is 82.2 cm³/mol. The van der Waals surface area contributed by atoms with Crippen LogP contribution < -0.4 is 15.4 Å². The molecule has 2 N–H and O–H groups in total. The van der Waals surface area contributed by atoms with Gasteiger partial charge in [0, 0.05) is 12.6 Å². The maximum Gasteiger partial charge on any atom is 0.122 e. The van der Waals surface area contributed by atoms with Gasteiger partial charge in [0.25, 0.3) is 0 Å². The molecule has 0 aliphatic carbocycles. The third-order valence-electron chi connectivity index (χ3n) is 3.56. The molecule has 0 saturated heterocycles. The third-order valence-corrected chi connectivity index (χ3v) is 3.56. The van der Waals surface area contributed by atoms with Crippen LogP contribution in [-0.2, 0) is 0 Å². The molecule has 0 bridgehead atoms. The number of benzene rings is 1. The number of hydrogen-bond donors (Lipinski definition) is 2. The molecule has 1 aromatic carbocycles. The van der Waals surface area contributed by atoms with Crippen LogP contribution in [0.3, 0.4) is 0 Å². The van der Waals surface area contributed by atoms with Crippen molar-refractivity contribution >= 4 is 0 Å². The van der Waals surface area contributed by atoms with Gasteiger partial charge in [-0.15, -0.1) is 0 Å². The van der Waals surface area contributed by atoms with Gasteiger partial charge in [0.2, 0.25) is 0 Å². The van der Waals surface area contributed by atoms with Crippen LogP contribution in [0, 0.1) is 6.92 Å². The van der Waals surface area contributed by atoms with E-state index in [1.165, 1.54) is 16.7 Å². The monoisotopic (exact) mass is 264 g/mol. The minimum atomic E-state index is 0.336. The minimum absolute atomic E-state index is 0.336. The van der Waals surface area contributed by atoms with Crippen molar-refractivity contribution in [2.75, 3.05) is 27.2 Å². The molecule has 0 heterocycles. The topological polar surface area (TPSA) is 33.3 Å². The Bertz CT molecular complexity index is 402. The molecule has 0 aromatic heterocycles. The number of hydrogen-bond acceptors (Lipinski definition) is 3. The maximum atomic E-state index is 5.50. The Balaban J connectivity index is 3.15. The highest BCUT2D eigenvalue weighted by Gasteiger charge is 2.16. The van der Waals surface area contributed by atoms with E-state index in [9.17, 15) is 0 Å². The van der Waals surface area contributed by atoms with Crippen molar-refractivity contribution in [3.63, 3.8) is 0 Å². The summed E-state index contributed by atoms with van der Waals surface area (Å²) < 4.78 is 5.50. The first-order valence-corrected chi connectivity index (χ1v) is 7.11. The molecule has 0 saturated carbocycles. The van der Waals surface area contributed by atoms with E-state index < -0.39 is 0 Å². The van der Waals surface area contributed by atoms with Gasteiger partial charge >= 0.3 is 0 Å². The molecule has 3 nitrogen and oxygen atoms in total. The number of likely N-dealkylation sites (N-methyl/N-ethyl adjacent to an activating group) is 2. The second-order valence-electron chi connectivity index (χ2n) is 5.25. The molecule has 0 fully saturated rings. The second-order valence-corrected chi connectivity index (χ2v) is 5.25. The zero-order valence-electron chi connectivity index (χ0n) is 13.1. The van der Waals surface area contributed by atoms with Crippen LogP contribution in [0.2, 0.25) is 0 Å². The van der Waals surface area contributed by atoms with E-state index >= 15 is 0 Å². The Kier molecular flexibility index (Phi) is 6.32. The lowest BCUT2D eigenvalue weighted by Crippen LogP contribution is -2.30. The lowest BCUT2D eigenvalue weighted by Gasteiger charge is -2.22. The van der Waals surface area contributed by atoms with Crippen molar-refractivity contribution in [2.24, 2.45) is 0 Å². The van der Waals surface area contributed by atoms with E-state index in [0.717, 1.165) is 18.8 Å². The highest BCUT2D eigenvalue weighted by molar-refractivity contribution is 5.45. The van der Waals surface area contributed by atoms with Gasteiger partial charge in [-0.3, -0.25) is 0 Å². The van der Waals surface area contributed by atoms with E-state index in [1.807, 2.05) is 7.05 Å². The SMILES string of the molecule is CCNCC(NC)c1cc(C(C)C)c(OC)cc1C. The fourth-order valence-electron chi connectivity index (χ4n) is 2.38. The van der Waals surface area contributed by atoms with Crippen LogP contribution in [0.4, 0.5) is 0 Å². The van der Waals surface area contributed by atoms with Crippen LogP contribution in [0.25, 0.3) is 0 Å². The average molecular weight is 264 g/mol. The van der Waals surface area contributed by atoms with Crippen LogP contribution in [0.1, 0.15) is 49.4 Å². The molecule has 0 spiro atoms. The first-order chi connectivity index (χ1) is 9.04. The summed E-state index contributed by atoms with van der Waals surface area (Å²) in [6.07, 6.45) is 0. The zero-order valence-corrected chi connectivity index (χ0v) is 13.1. The first kappa shape index (κ1) is 16.0. The molecular weight excluding hydrogens is 236 g/mol. The molecule has 108 valence electrons. The molecule has 0 amide bonds. The summed E-state index contributed by atoms with van der Waals surface area (Å²) >= 11 is 0. The smallest absolute Gasteiger partial charge is 0.122 e. The summed E-state index contributed by atoms with van der Waals surface area (Å²) in [5.74, 6) is 1.46. The number of aryl methyl sites for hydroxylation is 1. The quantitative estimate of drug-likeness (QED) is 0.794. The van der Waals surface area contributed by atoms with E-state index in [2.05, 4.69) is 50.5 Å². The normalized spacial score (nSPS) is 12.8. The summed E-state index contributed by atoms with van der Waals surface area (Å²) in [5.41, 5.74) is 3.91. The Morgan fingerprint density at radius 1 is 1.21 bits per heavy atom. The molecule has 19 heavy (non-hydrogen) atoms. The number of nitrogens with one attached hydrogen (secondary N) is 2. The first-order valence-electron chi connectivity index (χ1n) is 7.11. The zero-order chi connectivity index (χ0) is 14.4. The summed E-state index contributed by atoms with van der Waals surface area (Å²) in [6.45, 7) is 10.6. The average Bonchev–Trinajstić information content (AvgIpc) is 2.40. The Morgan fingerprint density at radius 2 is 1.89 bits per heavy atom. The number of rotatable bonds is 7. The molecule has 0 aliphatic rings. The Hall–Kier alpha value is -1.06. The molecule has 3 heteroatoms. The summed E-state index contributed by atoms with van der Waals surface area (Å²) in [4.78, 5) is 0. The van der Waals surface area contributed by atoms with Crippen LogP contribution in [0.5, 0.6) is 5.75 Å². The van der Waals surface area contributed by atoms with Crippen LogP contribution in [0.15, 0.2) is 12.1 Å². The number of ether oxygens (including phenoxy) is 1. The molecule has 1 atom stereocenters. The van der Waals surface area contributed by atoms with E-state index in [1.54, 1.807) is 7.11 Å². The van der Waals surface area contributed by atoms with Crippen molar-refractivity contribution in [2.45, 2.75) is 39.7 Å². The van der Waals surface area contributed by atoms with Crippen molar-refractivity contribution in [3.05, 3.63) is 28.8 Å². The highest BCUT2D eigenvalue weighted by atomic mass is 16.5. The van der Waals surface area contributed by atoms with Gasteiger partial charge in [0.05, 0.1) is 7.11 Å². The van der Waals surface area contributed by atoms with Crippen molar-refractivity contribution < 1.29 is 4.74 Å². The molecule has 1 unspecified atom stereocenters. The summed E-state index contributed by atoms with van der Waals surface area (Å²) in [6, 6.07) is 4.78. The van der Waals surface area contributed by atoms with Gasteiger partial charge in [-0.2, -0.15) is 0 Å². The molecule has 1 aromatic rings. The molecule has 1 rings (SSSR count).